The van der Waals surface area contributed by atoms with Crippen molar-refractivity contribution < 1.29 is 0 Å². The topological polar surface area (TPSA) is 29.3 Å². The predicted octanol–water partition coefficient (Wildman–Crippen LogP) is 2.04. The summed E-state index contributed by atoms with van der Waals surface area (Å²) in [5.74, 6) is 0. The molecule has 0 radical (unpaired) electrons. The molecule has 1 aliphatic heterocycles. The van der Waals surface area contributed by atoms with Crippen molar-refractivity contribution in [2.45, 2.75) is 25.8 Å². The molecule has 1 saturated carbocycles. The van der Waals surface area contributed by atoms with Crippen molar-refractivity contribution in [2.24, 2.45) is 5.10 Å². The van der Waals surface area contributed by atoms with Crippen molar-refractivity contribution >= 4 is 11.9 Å². The molecular weight excluding hydrogens is 174 g/mol. The Morgan fingerprint density at radius 2 is 2.36 bits per heavy atom. The van der Waals surface area contributed by atoms with Gasteiger partial charge in [-0.1, -0.05) is 6.58 Å². The van der Waals surface area contributed by atoms with Crippen LogP contribution in [0.1, 0.15) is 35.7 Å². The third kappa shape index (κ3) is 0.953. The highest BCUT2D eigenvalue weighted by atomic mass is 15.3. The van der Waals surface area contributed by atoms with Crippen LogP contribution in [0.15, 0.2) is 17.9 Å². The summed E-state index contributed by atoms with van der Waals surface area (Å²) in [5, 5.41) is 4.09. The van der Waals surface area contributed by atoms with E-state index in [2.05, 4.69) is 34.8 Å². The summed E-state index contributed by atoms with van der Waals surface area (Å²) in [6.45, 7) is 6.10. The van der Waals surface area contributed by atoms with Gasteiger partial charge in [0.2, 0.25) is 0 Å². The van der Waals surface area contributed by atoms with E-state index in [1.54, 1.807) is 0 Å². The van der Waals surface area contributed by atoms with Gasteiger partial charge in [0, 0.05) is 17.8 Å². The molecule has 1 aromatic rings. The smallest absolute Gasteiger partial charge is 0.0716 e. The third-order valence-corrected chi connectivity index (χ3v) is 2.89. The Morgan fingerprint density at radius 3 is 3.07 bits per heavy atom. The first kappa shape index (κ1) is 7.85. The Morgan fingerprint density at radius 1 is 1.57 bits per heavy atom. The molecule has 72 valence electrons. The molecule has 0 saturated heterocycles. The molecule has 0 unspecified atom stereocenters. The number of rotatable bonds is 1. The third-order valence-electron chi connectivity index (χ3n) is 2.89. The summed E-state index contributed by atoms with van der Waals surface area (Å²) in [5.41, 5.74) is 7.56. The van der Waals surface area contributed by atoms with Crippen LogP contribution in [0.4, 0.5) is 0 Å². The van der Waals surface area contributed by atoms with Crippen molar-refractivity contribution in [3.63, 3.8) is 0 Å². The molecule has 2 aliphatic rings. The largest absolute Gasteiger partial charge is 0.343 e. The van der Waals surface area contributed by atoms with Crippen LogP contribution >= 0.6 is 0 Å². The molecule has 0 bridgehead atoms. The molecular formula is C11H13N3. The zero-order chi connectivity index (χ0) is 9.71. The Hall–Kier alpha value is -1.51. The summed E-state index contributed by atoms with van der Waals surface area (Å²) in [7, 11) is 0. The van der Waals surface area contributed by atoms with Gasteiger partial charge in [-0.25, -0.2) is 0 Å². The first-order valence-corrected chi connectivity index (χ1v) is 4.97. The molecule has 1 fully saturated rings. The number of nitrogens with one attached hydrogen (secondary N) is 1. The lowest BCUT2D eigenvalue weighted by molar-refractivity contribution is 0.737. The first-order chi connectivity index (χ1) is 6.77. The van der Waals surface area contributed by atoms with Crippen molar-refractivity contribution in [1.82, 2.24) is 9.99 Å². The van der Waals surface area contributed by atoms with Crippen LogP contribution in [0.3, 0.4) is 0 Å². The van der Waals surface area contributed by atoms with Crippen LogP contribution in [0, 0.1) is 6.92 Å². The second-order valence-electron chi connectivity index (χ2n) is 4.06. The minimum atomic E-state index is 0.704. The Kier molecular flexibility index (Phi) is 1.40. The van der Waals surface area contributed by atoms with Gasteiger partial charge in [-0.2, -0.15) is 5.10 Å². The highest BCUT2D eigenvalue weighted by Gasteiger charge is 2.28. The van der Waals surface area contributed by atoms with E-state index >= 15 is 0 Å². The van der Waals surface area contributed by atoms with Crippen LogP contribution in [0.5, 0.6) is 0 Å². The molecule has 0 spiro atoms. The Labute approximate surface area is 83.1 Å². The van der Waals surface area contributed by atoms with Gasteiger partial charge in [0.1, 0.15) is 0 Å². The van der Waals surface area contributed by atoms with Crippen LogP contribution in [0.25, 0.3) is 5.70 Å². The number of aryl methyl sites for hydroxylation is 1. The van der Waals surface area contributed by atoms with Gasteiger partial charge in [-0.3, -0.25) is 5.43 Å². The minimum absolute atomic E-state index is 0.704. The number of hydrazone groups is 1. The average Bonchev–Trinajstić information content (AvgIpc) is 2.93. The molecule has 1 N–H and O–H groups in total. The molecule has 0 atom stereocenters. The van der Waals surface area contributed by atoms with Gasteiger partial charge < -0.3 is 4.57 Å². The first-order valence-electron chi connectivity index (χ1n) is 4.97. The van der Waals surface area contributed by atoms with Gasteiger partial charge >= 0.3 is 0 Å². The van der Waals surface area contributed by atoms with Gasteiger partial charge in [0.25, 0.3) is 0 Å². The monoisotopic (exact) mass is 187 g/mol. The highest BCUT2D eigenvalue weighted by Crippen LogP contribution is 2.38. The fraction of sp³-hybridized carbons (Fsp3) is 0.364. The van der Waals surface area contributed by atoms with Gasteiger partial charge in [0.15, 0.2) is 0 Å². The second-order valence-corrected chi connectivity index (χ2v) is 4.06. The van der Waals surface area contributed by atoms with Crippen molar-refractivity contribution in [3.8, 4) is 0 Å². The van der Waals surface area contributed by atoms with E-state index in [9.17, 15) is 0 Å². The normalized spacial score (nSPS) is 19.4. The Balaban J connectivity index is 2.22. The SMILES string of the molecule is C=C1NN=Cc2c1c(C)cn2C1CC1. The molecule has 0 aromatic carbocycles. The maximum Gasteiger partial charge on any atom is 0.0716 e. The lowest BCUT2D eigenvalue weighted by atomic mass is 10.1. The summed E-state index contributed by atoms with van der Waals surface area (Å²) in [6.07, 6.45) is 6.71. The summed E-state index contributed by atoms with van der Waals surface area (Å²) in [6, 6.07) is 0.704. The molecule has 3 heteroatoms. The Bertz CT molecular complexity index is 436. The number of hydrogen-bond donors (Lipinski definition) is 1. The number of aromatic nitrogens is 1. The quantitative estimate of drug-likeness (QED) is 0.716. The molecule has 1 aromatic heterocycles. The van der Waals surface area contributed by atoms with Gasteiger partial charge in [-0.05, 0) is 25.3 Å². The van der Waals surface area contributed by atoms with Crippen molar-refractivity contribution in [3.05, 3.63) is 29.6 Å². The highest BCUT2D eigenvalue weighted by molar-refractivity contribution is 5.90. The molecule has 3 nitrogen and oxygen atoms in total. The summed E-state index contributed by atoms with van der Waals surface area (Å²) < 4.78 is 2.33. The molecule has 3 rings (SSSR count). The van der Waals surface area contributed by atoms with Crippen LogP contribution < -0.4 is 5.43 Å². The van der Waals surface area contributed by atoms with Crippen LogP contribution in [0.2, 0.25) is 0 Å². The van der Waals surface area contributed by atoms with Crippen LogP contribution in [-0.4, -0.2) is 10.8 Å². The summed E-state index contributed by atoms with van der Waals surface area (Å²) >= 11 is 0. The number of nitrogens with zero attached hydrogens (tertiary/aromatic N) is 2. The molecule has 0 amide bonds. The van der Waals surface area contributed by atoms with Crippen molar-refractivity contribution in [2.75, 3.05) is 0 Å². The van der Waals surface area contributed by atoms with Gasteiger partial charge in [-0.15, -0.1) is 0 Å². The number of hydrogen-bond acceptors (Lipinski definition) is 2. The van der Waals surface area contributed by atoms with E-state index in [0.717, 1.165) is 5.70 Å². The lowest BCUT2D eigenvalue weighted by Crippen LogP contribution is -2.13. The maximum absolute atomic E-state index is 4.09. The molecule has 14 heavy (non-hydrogen) atoms. The fourth-order valence-corrected chi connectivity index (χ4v) is 2.08. The minimum Gasteiger partial charge on any atom is -0.343 e. The van der Waals surface area contributed by atoms with E-state index in [-0.39, 0.29) is 0 Å². The lowest BCUT2D eigenvalue weighted by Gasteiger charge is -2.13. The van der Waals surface area contributed by atoms with E-state index in [0.29, 0.717) is 6.04 Å². The van der Waals surface area contributed by atoms with E-state index < -0.39 is 0 Å². The standard InChI is InChI=1S/C11H13N3/c1-7-6-14(9-3-4-9)10-5-12-13-8(2)11(7)10/h5-6,9,13H,2-4H2,1H3. The zero-order valence-electron chi connectivity index (χ0n) is 8.25. The maximum atomic E-state index is 4.09. The molecule has 2 heterocycles. The zero-order valence-corrected chi connectivity index (χ0v) is 8.25. The molecule has 1 aliphatic carbocycles. The van der Waals surface area contributed by atoms with E-state index in [1.165, 1.54) is 29.7 Å². The van der Waals surface area contributed by atoms with Crippen LogP contribution in [-0.2, 0) is 0 Å². The van der Waals surface area contributed by atoms with E-state index in [1.807, 2.05) is 6.21 Å². The van der Waals surface area contributed by atoms with Crippen molar-refractivity contribution in [1.29, 1.82) is 0 Å². The van der Waals surface area contributed by atoms with E-state index in [4.69, 9.17) is 0 Å². The predicted molar refractivity (Wildman–Crippen MR) is 57.2 cm³/mol. The van der Waals surface area contributed by atoms with Gasteiger partial charge in [0.05, 0.1) is 17.6 Å². The fourth-order valence-electron chi connectivity index (χ4n) is 2.08. The average molecular weight is 187 g/mol. The second kappa shape index (κ2) is 2.50. The summed E-state index contributed by atoms with van der Waals surface area (Å²) in [4.78, 5) is 0. The number of fused-ring (bicyclic) bond motifs is 1.